The maximum atomic E-state index is 5.70. The molecule has 0 saturated carbocycles. The highest BCUT2D eigenvalue weighted by molar-refractivity contribution is 9.10. The average Bonchev–Trinajstić information content (AvgIpc) is 2.39. The number of aryl methyl sites for hydroxylation is 1. The molecule has 2 aromatic rings. The third kappa shape index (κ3) is 3.00. The zero-order valence-electron chi connectivity index (χ0n) is 9.86. The largest absolute Gasteiger partial charge is 0.496 e. The quantitative estimate of drug-likeness (QED) is 0.803. The zero-order chi connectivity index (χ0) is 13.0. The van der Waals surface area contributed by atoms with E-state index in [-0.39, 0.29) is 0 Å². The Balaban J connectivity index is 2.36. The monoisotopic (exact) mass is 326 g/mol. The normalized spacial score (nSPS) is 10.4. The van der Waals surface area contributed by atoms with Gasteiger partial charge in [-0.1, -0.05) is 0 Å². The highest BCUT2D eigenvalue weighted by atomic mass is 79.9. The minimum Gasteiger partial charge on any atom is -0.496 e. The maximum Gasteiger partial charge on any atom is 0.133 e. The first-order chi connectivity index (χ1) is 8.74. The first-order valence-electron chi connectivity index (χ1n) is 5.46. The van der Waals surface area contributed by atoms with Crippen LogP contribution in [0.4, 0.5) is 0 Å². The van der Waals surface area contributed by atoms with Gasteiger partial charge < -0.3 is 4.74 Å². The Bertz CT molecular complexity index is 548. The molecular weight excluding hydrogens is 316 g/mol. The minimum atomic E-state index is 0.524. The molecule has 1 aromatic carbocycles. The van der Waals surface area contributed by atoms with Crippen LogP contribution >= 0.6 is 27.5 Å². The molecule has 3 nitrogen and oxygen atoms in total. The van der Waals surface area contributed by atoms with E-state index < -0.39 is 0 Å². The lowest BCUT2D eigenvalue weighted by Crippen LogP contribution is -1.97. The summed E-state index contributed by atoms with van der Waals surface area (Å²) < 4.78 is 6.10. The molecular formula is C13H12BrClN2O. The van der Waals surface area contributed by atoms with Crippen LogP contribution in [-0.4, -0.2) is 23.0 Å². The van der Waals surface area contributed by atoms with Gasteiger partial charge in [0.1, 0.15) is 11.6 Å². The molecule has 5 heteroatoms. The number of aromatic nitrogens is 2. The second-order valence-electron chi connectivity index (χ2n) is 3.65. The average molecular weight is 328 g/mol. The molecule has 0 spiro atoms. The van der Waals surface area contributed by atoms with Gasteiger partial charge in [0.05, 0.1) is 17.3 Å². The van der Waals surface area contributed by atoms with Crippen LogP contribution in [0.3, 0.4) is 0 Å². The number of methoxy groups -OCH3 is 1. The number of rotatable bonds is 4. The summed E-state index contributed by atoms with van der Waals surface area (Å²) in [6, 6.07) is 7.73. The van der Waals surface area contributed by atoms with E-state index in [0.717, 1.165) is 27.3 Å². The Morgan fingerprint density at radius 3 is 2.83 bits per heavy atom. The summed E-state index contributed by atoms with van der Waals surface area (Å²) in [5, 5.41) is 0. The van der Waals surface area contributed by atoms with Gasteiger partial charge in [-0.05, 0) is 40.2 Å². The summed E-state index contributed by atoms with van der Waals surface area (Å²) in [6.45, 7) is 0. The van der Waals surface area contributed by atoms with Gasteiger partial charge in [0.25, 0.3) is 0 Å². The van der Waals surface area contributed by atoms with Crippen LogP contribution in [0.25, 0.3) is 11.3 Å². The van der Waals surface area contributed by atoms with E-state index in [1.807, 2.05) is 24.3 Å². The van der Waals surface area contributed by atoms with Gasteiger partial charge in [-0.2, -0.15) is 0 Å². The van der Waals surface area contributed by atoms with Gasteiger partial charge in [-0.3, -0.25) is 0 Å². The Hall–Kier alpha value is -1.13. The molecule has 1 heterocycles. The minimum absolute atomic E-state index is 0.524. The fraction of sp³-hybridized carbons (Fsp3) is 0.231. The van der Waals surface area contributed by atoms with Crippen LogP contribution in [0.5, 0.6) is 5.75 Å². The number of hydrogen-bond donors (Lipinski definition) is 0. The molecule has 0 aliphatic heterocycles. The van der Waals surface area contributed by atoms with Crippen molar-refractivity contribution in [1.82, 2.24) is 9.97 Å². The van der Waals surface area contributed by atoms with Crippen LogP contribution < -0.4 is 4.74 Å². The first-order valence-corrected chi connectivity index (χ1v) is 6.79. The lowest BCUT2D eigenvalue weighted by molar-refractivity contribution is 0.412. The summed E-state index contributed by atoms with van der Waals surface area (Å²) in [5.74, 6) is 2.08. The Morgan fingerprint density at radius 1 is 1.33 bits per heavy atom. The van der Waals surface area contributed by atoms with E-state index in [2.05, 4.69) is 25.9 Å². The number of halogens is 2. The number of alkyl halides is 1. The van der Waals surface area contributed by atoms with Crippen LogP contribution in [0.2, 0.25) is 0 Å². The van der Waals surface area contributed by atoms with Gasteiger partial charge in [0.15, 0.2) is 0 Å². The van der Waals surface area contributed by atoms with Crippen molar-refractivity contribution >= 4 is 27.5 Å². The van der Waals surface area contributed by atoms with Gasteiger partial charge in [0, 0.05) is 24.1 Å². The number of ether oxygens (including phenoxy) is 1. The molecule has 0 amide bonds. The van der Waals surface area contributed by atoms with Crippen molar-refractivity contribution in [3.63, 3.8) is 0 Å². The van der Waals surface area contributed by atoms with Crippen LogP contribution in [0, 0.1) is 0 Å². The number of hydrogen-bond acceptors (Lipinski definition) is 3. The van der Waals surface area contributed by atoms with Crippen LogP contribution in [0.1, 0.15) is 5.82 Å². The second kappa shape index (κ2) is 6.16. The van der Waals surface area contributed by atoms with Crippen LogP contribution in [0.15, 0.2) is 34.9 Å². The Labute approximate surface area is 119 Å². The molecule has 2 rings (SSSR count). The van der Waals surface area contributed by atoms with Gasteiger partial charge in [-0.15, -0.1) is 11.6 Å². The molecule has 0 N–H and O–H groups in total. The molecule has 0 bridgehead atoms. The van der Waals surface area contributed by atoms with Gasteiger partial charge in [-0.25, -0.2) is 9.97 Å². The summed E-state index contributed by atoms with van der Waals surface area (Å²) in [6.07, 6.45) is 2.43. The predicted molar refractivity (Wildman–Crippen MR) is 76.1 cm³/mol. The lowest BCUT2D eigenvalue weighted by Gasteiger charge is -2.06. The van der Waals surface area contributed by atoms with Crippen molar-refractivity contribution < 1.29 is 4.74 Å². The highest BCUT2D eigenvalue weighted by Crippen LogP contribution is 2.29. The van der Waals surface area contributed by atoms with Crippen LogP contribution in [-0.2, 0) is 6.42 Å². The molecule has 0 aliphatic rings. The Kier molecular flexibility index (Phi) is 4.55. The first kappa shape index (κ1) is 13.3. The van der Waals surface area contributed by atoms with Crippen molar-refractivity contribution in [2.45, 2.75) is 6.42 Å². The van der Waals surface area contributed by atoms with E-state index >= 15 is 0 Å². The molecule has 18 heavy (non-hydrogen) atoms. The Morgan fingerprint density at radius 2 is 2.17 bits per heavy atom. The highest BCUT2D eigenvalue weighted by Gasteiger charge is 2.05. The molecule has 0 atom stereocenters. The fourth-order valence-corrected chi connectivity index (χ4v) is 2.30. The molecule has 94 valence electrons. The SMILES string of the molecule is COc1ccc(-c2ccnc(CCCl)n2)cc1Br. The molecule has 1 aromatic heterocycles. The van der Waals surface area contributed by atoms with E-state index in [4.69, 9.17) is 16.3 Å². The number of nitrogens with zero attached hydrogens (tertiary/aromatic N) is 2. The van der Waals surface area contributed by atoms with Crippen molar-refractivity contribution in [2.75, 3.05) is 13.0 Å². The molecule has 0 fully saturated rings. The van der Waals surface area contributed by atoms with Gasteiger partial charge in [0.2, 0.25) is 0 Å². The van der Waals surface area contributed by atoms with E-state index in [1.165, 1.54) is 0 Å². The fourth-order valence-electron chi connectivity index (χ4n) is 1.59. The zero-order valence-corrected chi connectivity index (χ0v) is 12.2. The molecule has 0 aliphatic carbocycles. The standard InChI is InChI=1S/C13H12BrClN2O/c1-18-12-3-2-9(8-10(12)14)11-5-7-16-13(17-11)4-6-15/h2-3,5,7-8H,4,6H2,1H3. The molecule has 0 saturated heterocycles. The van der Waals surface area contributed by atoms with E-state index in [9.17, 15) is 0 Å². The van der Waals surface area contributed by atoms with E-state index in [0.29, 0.717) is 12.3 Å². The topological polar surface area (TPSA) is 35.0 Å². The predicted octanol–water partition coefficient (Wildman–Crippen LogP) is 3.70. The number of benzene rings is 1. The summed E-state index contributed by atoms with van der Waals surface area (Å²) in [5.41, 5.74) is 1.90. The second-order valence-corrected chi connectivity index (χ2v) is 4.88. The van der Waals surface area contributed by atoms with Crippen molar-refractivity contribution in [2.24, 2.45) is 0 Å². The van der Waals surface area contributed by atoms with Crippen molar-refractivity contribution in [1.29, 1.82) is 0 Å². The summed E-state index contributed by atoms with van der Waals surface area (Å²) >= 11 is 9.16. The lowest BCUT2D eigenvalue weighted by atomic mass is 10.1. The van der Waals surface area contributed by atoms with Crippen molar-refractivity contribution in [3.05, 3.63) is 40.8 Å². The van der Waals surface area contributed by atoms with E-state index in [1.54, 1.807) is 13.3 Å². The summed E-state index contributed by atoms with van der Waals surface area (Å²) in [4.78, 5) is 8.65. The summed E-state index contributed by atoms with van der Waals surface area (Å²) in [7, 11) is 1.64. The smallest absolute Gasteiger partial charge is 0.133 e. The third-order valence-electron chi connectivity index (χ3n) is 2.47. The van der Waals surface area contributed by atoms with Crippen molar-refractivity contribution in [3.8, 4) is 17.0 Å². The third-order valence-corrected chi connectivity index (χ3v) is 3.28. The molecule has 0 unspecified atom stereocenters. The molecule has 0 radical (unpaired) electrons. The van der Waals surface area contributed by atoms with Gasteiger partial charge >= 0.3 is 0 Å². The maximum absolute atomic E-state index is 5.70.